The second kappa shape index (κ2) is 14.5. The summed E-state index contributed by atoms with van der Waals surface area (Å²) >= 11 is 0. The Hall–Kier alpha value is -5.53. The number of nitrogens with one attached hydrogen (secondary N) is 1. The molecule has 0 bridgehead atoms. The molecule has 1 heterocycles. The molecule has 5 rings (SSSR count). The lowest BCUT2D eigenvalue weighted by atomic mass is 10.0. The molecule has 3 N–H and O–H groups in total. The molecule has 0 saturated carbocycles. The number of methoxy groups -OCH3 is 1. The summed E-state index contributed by atoms with van der Waals surface area (Å²) in [5.74, 6) is -0.416. The SMILES string of the molecule is COc1ccc(CC(=O)Nc2ccc(C(=O)N(Cc3ccc(-c4nc(-c5ccccc5C)no4)cc3)CC(O)O)cc2)c(C(F)(F)F)c1. The van der Waals surface area contributed by atoms with Crippen LogP contribution in [0.15, 0.2) is 95.5 Å². The Morgan fingerprint density at radius 1 is 0.979 bits per heavy atom. The number of hydrogen-bond acceptors (Lipinski definition) is 8. The number of aliphatic hydroxyl groups excluding tert-OH is 1. The van der Waals surface area contributed by atoms with Crippen LogP contribution in [0.1, 0.15) is 32.6 Å². The van der Waals surface area contributed by atoms with Gasteiger partial charge >= 0.3 is 6.18 Å². The summed E-state index contributed by atoms with van der Waals surface area (Å²) in [5.41, 5.74) is 2.46. The van der Waals surface area contributed by atoms with Crippen LogP contribution in [0.2, 0.25) is 0 Å². The third-order valence-corrected chi connectivity index (χ3v) is 7.45. The van der Waals surface area contributed by atoms with Crippen LogP contribution >= 0.6 is 0 Å². The maximum atomic E-state index is 13.5. The molecule has 4 aromatic carbocycles. The smallest absolute Gasteiger partial charge is 0.416 e. The number of carbonyl (C=O) groups is 2. The third kappa shape index (κ3) is 8.24. The quantitative estimate of drug-likeness (QED) is 0.150. The van der Waals surface area contributed by atoms with Crippen molar-refractivity contribution >= 4 is 17.5 Å². The van der Waals surface area contributed by atoms with Gasteiger partial charge in [0, 0.05) is 28.9 Å². The highest BCUT2D eigenvalue weighted by Gasteiger charge is 2.34. The van der Waals surface area contributed by atoms with Gasteiger partial charge in [-0.2, -0.15) is 18.2 Å². The van der Waals surface area contributed by atoms with Crippen LogP contribution in [0.4, 0.5) is 18.9 Å². The van der Waals surface area contributed by atoms with E-state index in [1.54, 1.807) is 24.3 Å². The molecule has 10 nitrogen and oxygen atoms in total. The Morgan fingerprint density at radius 2 is 1.69 bits per heavy atom. The number of amides is 2. The fourth-order valence-electron chi connectivity index (χ4n) is 5.02. The van der Waals surface area contributed by atoms with E-state index < -0.39 is 36.3 Å². The van der Waals surface area contributed by atoms with Gasteiger partial charge in [-0.25, -0.2) is 0 Å². The summed E-state index contributed by atoms with van der Waals surface area (Å²) < 4.78 is 50.9. The number of aryl methyl sites for hydroxylation is 1. The van der Waals surface area contributed by atoms with Crippen molar-refractivity contribution in [2.24, 2.45) is 0 Å². The number of benzene rings is 4. The fourth-order valence-corrected chi connectivity index (χ4v) is 5.02. The van der Waals surface area contributed by atoms with Gasteiger partial charge in [0.05, 0.1) is 25.6 Å². The van der Waals surface area contributed by atoms with E-state index in [2.05, 4.69) is 15.5 Å². The lowest BCUT2D eigenvalue weighted by Gasteiger charge is -2.24. The number of halogens is 3. The zero-order valence-electron chi connectivity index (χ0n) is 25.9. The molecule has 13 heteroatoms. The number of anilines is 1. The highest BCUT2D eigenvalue weighted by molar-refractivity contribution is 5.96. The predicted octanol–water partition coefficient (Wildman–Crippen LogP) is 5.87. The standard InChI is InChI=1S/C35H31F3N4O6/c1-21-5-3-4-6-28(21)32-40-33(48-41-32)23-9-7-22(8-10-23)19-42(20-31(44)45)34(46)24-11-14-26(15-12-24)39-30(43)17-25-13-16-27(47-2)18-29(25)35(36,37)38/h3-16,18,31,44-45H,17,19-20H2,1-2H3,(H,39,43). The summed E-state index contributed by atoms with van der Waals surface area (Å²) in [6.45, 7) is 1.61. The van der Waals surface area contributed by atoms with Crippen LogP contribution in [-0.4, -0.2) is 57.0 Å². The molecule has 0 aliphatic rings. The van der Waals surface area contributed by atoms with Crippen LogP contribution in [-0.2, 0) is 23.9 Å². The maximum Gasteiger partial charge on any atom is 0.416 e. The van der Waals surface area contributed by atoms with Gasteiger partial charge in [-0.1, -0.05) is 47.6 Å². The number of hydrogen-bond donors (Lipinski definition) is 3. The number of alkyl halides is 3. The Labute approximate surface area is 273 Å². The molecular formula is C35H31F3N4O6. The van der Waals surface area contributed by atoms with Crippen LogP contribution in [0.5, 0.6) is 5.75 Å². The van der Waals surface area contributed by atoms with Gasteiger partial charge in [-0.15, -0.1) is 0 Å². The highest BCUT2D eigenvalue weighted by Crippen LogP contribution is 2.35. The first-order valence-corrected chi connectivity index (χ1v) is 14.7. The van der Waals surface area contributed by atoms with Gasteiger partial charge in [-0.3, -0.25) is 9.59 Å². The van der Waals surface area contributed by atoms with E-state index in [-0.39, 0.29) is 35.7 Å². The van der Waals surface area contributed by atoms with Crippen molar-refractivity contribution in [3.05, 3.63) is 119 Å². The topological polar surface area (TPSA) is 138 Å². The van der Waals surface area contributed by atoms with E-state index >= 15 is 0 Å². The van der Waals surface area contributed by atoms with Gasteiger partial charge in [0.25, 0.3) is 11.8 Å². The molecule has 2 amide bonds. The van der Waals surface area contributed by atoms with Gasteiger partial charge in [0.15, 0.2) is 6.29 Å². The number of aliphatic hydroxyl groups is 2. The Kier molecular flexibility index (Phi) is 10.2. The number of aromatic nitrogens is 2. The van der Waals surface area contributed by atoms with E-state index in [1.165, 1.54) is 48.4 Å². The van der Waals surface area contributed by atoms with Crippen LogP contribution < -0.4 is 10.1 Å². The minimum absolute atomic E-state index is 0.0166. The van der Waals surface area contributed by atoms with Crippen LogP contribution in [0, 0.1) is 6.92 Å². The lowest BCUT2D eigenvalue weighted by Crippen LogP contribution is -2.37. The molecule has 5 aromatic rings. The summed E-state index contributed by atoms with van der Waals surface area (Å²) in [6.07, 6.45) is -7.02. The zero-order valence-corrected chi connectivity index (χ0v) is 25.9. The van der Waals surface area contributed by atoms with Gasteiger partial charge in [0.1, 0.15) is 5.75 Å². The molecule has 48 heavy (non-hydrogen) atoms. The molecular weight excluding hydrogens is 629 g/mol. The van der Waals surface area contributed by atoms with Crippen LogP contribution in [0.25, 0.3) is 22.8 Å². The molecule has 0 fully saturated rings. The molecule has 0 aliphatic carbocycles. The summed E-state index contributed by atoms with van der Waals surface area (Å²) in [7, 11) is 1.25. The molecule has 0 saturated heterocycles. The molecule has 0 atom stereocenters. The second-order valence-corrected chi connectivity index (χ2v) is 10.9. The summed E-state index contributed by atoms with van der Waals surface area (Å²) in [5, 5.41) is 26.0. The first kappa shape index (κ1) is 33.8. The maximum absolute atomic E-state index is 13.5. The van der Waals surface area contributed by atoms with Crippen molar-refractivity contribution in [2.45, 2.75) is 32.4 Å². The van der Waals surface area contributed by atoms with Gasteiger partial charge in [0.2, 0.25) is 11.7 Å². The van der Waals surface area contributed by atoms with Crippen molar-refractivity contribution in [3.8, 4) is 28.6 Å². The Morgan fingerprint density at radius 3 is 2.33 bits per heavy atom. The average molecular weight is 661 g/mol. The molecule has 0 unspecified atom stereocenters. The average Bonchev–Trinajstić information content (AvgIpc) is 3.54. The number of nitrogens with zero attached hydrogens (tertiary/aromatic N) is 3. The summed E-state index contributed by atoms with van der Waals surface area (Å²) in [4.78, 5) is 31.7. The molecule has 0 radical (unpaired) electrons. The Balaban J connectivity index is 1.24. The third-order valence-electron chi connectivity index (χ3n) is 7.45. The highest BCUT2D eigenvalue weighted by atomic mass is 19.4. The summed E-state index contributed by atoms with van der Waals surface area (Å²) in [6, 6.07) is 23.8. The zero-order chi connectivity index (χ0) is 34.4. The number of ether oxygens (including phenoxy) is 1. The minimum atomic E-state index is -4.68. The normalized spacial score (nSPS) is 11.4. The lowest BCUT2D eigenvalue weighted by molar-refractivity contribution is -0.138. The second-order valence-electron chi connectivity index (χ2n) is 10.9. The van der Waals surface area contributed by atoms with Crippen molar-refractivity contribution in [2.75, 3.05) is 19.0 Å². The number of carbonyl (C=O) groups excluding carboxylic acids is 2. The van der Waals surface area contributed by atoms with E-state index in [4.69, 9.17) is 9.26 Å². The molecule has 248 valence electrons. The first-order valence-electron chi connectivity index (χ1n) is 14.7. The van der Waals surface area contributed by atoms with Crippen molar-refractivity contribution in [1.82, 2.24) is 15.0 Å². The first-order chi connectivity index (χ1) is 22.9. The van der Waals surface area contributed by atoms with Crippen molar-refractivity contribution in [1.29, 1.82) is 0 Å². The van der Waals surface area contributed by atoms with E-state index in [1.807, 2.05) is 31.2 Å². The molecule has 0 aliphatic heterocycles. The van der Waals surface area contributed by atoms with Crippen LogP contribution in [0.3, 0.4) is 0 Å². The molecule has 0 spiro atoms. The van der Waals surface area contributed by atoms with Crippen molar-refractivity contribution in [3.63, 3.8) is 0 Å². The van der Waals surface area contributed by atoms with E-state index in [0.29, 0.717) is 22.8 Å². The Bertz CT molecular complexity index is 1890. The van der Waals surface area contributed by atoms with E-state index in [9.17, 15) is 33.0 Å². The minimum Gasteiger partial charge on any atom is -0.497 e. The van der Waals surface area contributed by atoms with Gasteiger partial charge in [-0.05, 0) is 72.1 Å². The van der Waals surface area contributed by atoms with Crippen molar-refractivity contribution < 1.29 is 42.2 Å². The fraction of sp³-hybridized carbons (Fsp3) is 0.200. The van der Waals surface area contributed by atoms with E-state index in [0.717, 1.165) is 17.2 Å². The largest absolute Gasteiger partial charge is 0.497 e. The monoisotopic (exact) mass is 660 g/mol. The molecule has 1 aromatic heterocycles. The van der Waals surface area contributed by atoms with Gasteiger partial charge < -0.3 is 29.7 Å². The predicted molar refractivity (Wildman–Crippen MR) is 170 cm³/mol. The number of rotatable bonds is 11.